The average Bonchev–Trinajstić information content (AvgIpc) is 2.90. The van der Waals surface area contributed by atoms with Crippen molar-refractivity contribution in [3.63, 3.8) is 0 Å². The molecule has 0 aliphatic heterocycles. The van der Waals surface area contributed by atoms with Crippen LogP contribution in [0, 0.1) is 11.3 Å². The summed E-state index contributed by atoms with van der Waals surface area (Å²) >= 11 is 1.57. The van der Waals surface area contributed by atoms with Crippen LogP contribution >= 0.6 is 11.3 Å². The molecule has 0 fully saturated rings. The van der Waals surface area contributed by atoms with Crippen LogP contribution in [0.2, 0.25) is 0 Å². The van der Waals surface area contributed by atoms with Crippen LogP contribution in [0.4, 0.5) is 0 Å². The van der Waals surface area contributed by atoms with Crippen LogP contribution in [0.25, 0.3) is 11.6 Å². The molecule has 2 aromatic rings. The quantitative estimate of drug-likeness (QED) is 0.765. The molecular weight excluding hydrogens is 230 g/mol. The molecule has 0 aliphatic rings. The molecule has 0 saturated carbocycles. The van der Waals surface area contributed by atoms with Crippen molar-refractivity contribution in [3.05, 3.63) is 52.2 Å². The van der Waals surface area contributed by atoms with Gasteiger partial charge in [0.15, 0.2) is 0 Å². The Morgan fingerprint density at radius 3 is 2.59 bits per heavy atom. The second kappa shape index (κ2) is 5.33. The van der Waals surface area contributed by atoms with Crippen molar-refractivity contribution in [2.24, 2.45) is 0 Å². The van der Waals surface area contributed by atoms with Crippen LogP contribution in [0.3, 0.4) is 0 Å². The van der Waals surface area contributed by atoms with E-state index in [0.29, 0.717) is 5.57 Å². The fraction of sp³-hybridized carbons (Fsp3) is 0.0714. The highest BCUT2D eigenvalue weighted by molar-refractivity contribution is 7.11. The predicted octanol–water partition coefficient (Wildman–Crippen LogP) is 3.82. The summed E-state index contributed by atoms with van der Waals surface area (Å²) in [4.78, 5) is 0.989. The topological polar surface area (TPSA) is 33.0 Å². The van der Waals surface area contributed by atoms with Crippen molar-refractivity contribution in [3.8, 4) is 11.8 Å². The van der Waals surface area contributed by atoms with Crippen molar-refractivity contribution in [1.82, 2.24) is 0 Å². The highest BCUT2D eigenvalue weighted by Gasteiger charge is 2.01. The molecule has 1 aromatic carbocycles. The van der Waals surface area contributed by atoms with E-state index in [1.807, 2.05) is 47.9 Å². The Balaban J connectivity index is 2.31. The minimum absolute atomic E-state index is 0.685. The van der Waals surface area contributed by atoms with E-state index in [1.165, 1.54) is 0 Å². The summed E-state index contributed by atoms with van der Waals surface area (Å²) < 4.78 is 5.09. The van der Waals surface area contributed by atoms with Gasteiger partial charge in [-0.25, -0.2) is 0 Å². The van der Waals surface area contributed by atoms with Crippen molar-refractivity contribution < 1.29 is 4.74 Å². The first-order valence-electron chi connectivity index (χ1n) is 5.13. The summed E-state index contributed by atoms with van der Waals surface area (Å²) in [6, 6.07) is 13.8. The Labute approximate surface area is 104 Å². The lowest BCUT2D eigenvalue weighted by Crippen LogP contribution is -1.82. The molecule has 0 bridgehead atoms. The Morgan fingerprint density at radius 1 is 1.29 bits per heavy atom. The molecule has 1 aromatic heterocycles. The summed E-state index contributed by atoms with van der Waals surface area (Å²) in [5.74, 6) is 0.816. The van der Waals surface area contributed by atoms with Crippen LogP contribution in [0.1, 0.15) is 10.4 Å². The fourth-order valence-corrected chi connectivity index (χ4v) is 2.15. The van der Waals surface area contributed by atoms with E-state index in [9.17, 15) is 0 Å². The number of rotatable bonds is 3. The fourth-order valence-electron chi connectivity index (χ4n) is 1.46. The minimum Gasteiger partial charge on any atom is -0.497 e. The maximum absolute atomic E-state index is 9.12. The van der Waals surface area contributed by atoms with Gasteiger partial charge in [-0.15, -0.1) is 11.3 Å². The third kappa shape index (κ3) is 2.74. The highest BCUT2D eigenvalue weighted by atomic mass is 32.1. The number of hydrogen-bond acceptors (Lipinski definition) is 3. The van der Waals surface area contributed by atoms with E-state index < -0.39 is 0 Å². The van der Waals surface area contributed by atoms with Crippen LogP contribution < -0.4 is 4.74 Å². The van der Waals surface area contributed by atoms with E-state index in [1.54, 1.807) is 18.4 Å². The predicted molar refractivity (Wildman–Crippen MR) is 70.8 cm³/mol. The Bertz CT molecular complexity index is 547. The van der Waals surface area contributed by atoms with Gasteiger partial charge in [-0.05, 0) is 35.2 Å². The lowest BCUT2D eigenvalue weighted by Gasteiger charge is -2.00. The molecule has 0 radical (unpaired) electrons. The molecule has 0 N–H and O–H groups in total. The largest absolute Gasteiger partial charge is 0.497 e. The molecule has 2 rings (SSSR count). The summed E-state index contributed by atoms with van der Waals surface area (Å²) in [6.45, 7) is 0. The molecule has 17 heavy (non-hydrogen) atoms. The minimum atomic E-state index is 0.685. The number of hydrogen-bond donors (Lipinski definition) is 0. The van der Waals surface area contributed by atoms with Gasteiger partial charge < -0.3 is 4.74 Å². The van der Waals surface area contributed by atoms with E-state index >= 15 is 0 Å². The SMILES string of the molecule is COc1ccc(C=C(C#N)c2cccs2)cc1. The van der Waals surface area contributed by atoms with Gasteiger partial charge in [0.2, 0.25) is 0 Å². The maximum atomic E-state index is 9.12. The van der Waals surface area contributed by atoms with Crippen molar-refractivity contribution in [1.29, 1.82) is 5.26 Å². The van der Waals surface area contributed by atoms with Gasteiger partial charge in [0.25, 0.3) is 0 Å². The molecular formula is C14H11NOS. The normalized spacial score (nSPS) is 10.9. The van der Waals surface area contributed by atoms with Gasteiger partial charge >= 0.3 is 0 Å². The van der Waals surface area contributed by atoms with Crippen LogP contribution in [0.5, 0.6) is 5.75 Å². The first kappa shape index (κ1) is 11.4. The summed E-state index contributed by atoms with van der Waals surface area (Å²) in [5, 5.41) is 11.1. The third-order valence-corrected chi connectivity index (χ3v) is 3.24. The molecule has 0 spiro atoms. The van der Waals surface area contributed by atoms with E-state index in [0.717, 1.165) is 16.2 Å². The number of benzene rings is 1. The van der Waals surface area contributed by atoms with Crippen LogP contribution in [0.15, 0.2) is 41.8 Å². The van der Waals surface area contributed by atoms with Gasteiger partial charge in [-0.1, -0.05) is 18.2 Å². The number of thiophene rings is 1. The van der Waals surface area contributed by atoms with Crippen molar-refractivity contribution in [2.75, 3.05) is 7.11 Å². The molecule has 84 valence electrons. The van der Waals surface area contributed by atoms with Crippen molar-refractivity contribution >= 4 is 23.0 Å². The maximum Gasteiger partial charge on any atom is 0.118 e. The molecule has 0 amide bonds. The molecule has 0 aliphatic carbocycles. The Morgan fingerprint density at radius 2 is 2.06 bits per heavy atom. The number of ether oxygens (including phenoxy) is 1. The zero-order valence-electron chi connectivity index (χ0n) is 9.38. The number of allylic oxidation sites excluding steroid dienone is 1. The van der Waals surface area contributed by atoms with Crippen LogP contribution in [-0.4, -0.2) is 7.11 Å². The van der Waals surface area contributed by atoms with Gasteiger partial charge in [0.1, 0.15) is 11.8 Å². The molecule has 0 saturated heterocycles. The summed E-state index contributed by atoms with van der Waals surface area (Å²) in [6.07, 6.45) is 1.88. The molecule has 3 heteroatoms. The first-order valence-corrected chi connectivity index (χ1v) is 6.01. The molecule has 0 atom stereocenters. The number of methoxy groups -OCH3 is 1. The number of nitriles is 1. The molecule has 0 unspecified atom stereocenters. The van der Waals surface area contributed by atoms with Gasteiger partial charge in [0.05, 0.1) is 12.7 Å². The summed E-state index contributed by atoms with van der Waals surface area (Å²) in [7, 11) is 1.64. The van der Waals surface area contributed by atoms with Crippen LogP contribution in [-0.2, 0) is 0 Å². The lowest BCUT2D eigenvalue weighted by molar-refractivity contribution is 0.415. The standard InChI is InChI=1S/C14H11NOS/c1-16-13-6-4-11(5-7-13)9-12(10-15)14-3-2-8-17-14/h2-9H,1H3. The zero-order chi connectivity index (χ0) is 12.1. The second-order valence-electron chi connectivity index (χ2n) is 3.42. The Kier molecular flexibility index (Phi) is 3.59. The first-order chi connectivity index (χ1) is 8.33. The summed E-state index contributed by atoms with van der Waals surface area (Å²) in [5.41, 5.74) is 1.68. The van der Waals surface area contributed by atoms with Gasteiger partial charge in [-0.2, -0.15) is 5.26 Å². The number of nitrogens with zero attached hydrogens (tertiary/aromatic N) is 1. The average molecular weight is 241 g/mol. The van der Waals surface area contributed by atoms with E-state index in [4.69, 9.17) is 10.00 Å². The highest BCUT2D eigenvalue weighted by Crippen LogP contribution is 2.22. The van der Waals surface area contributed by atoms with E-state index in [2.05, 4.69) is 6.07 Å². The second-order valence-corrected chi connectivity index (χ2v) is 4.37. The third-order valence-electron chi connectivity index (χ3n) is 2.33. The molecule has 2 nitrogen and oxygen atoms in total. The van der Waals surface area contributed by atoms with Gasteiger partial charge in [0, 0.05) is 4.88 Å². The molecule has 1 heterocycles. The van der Waals surface area contributed by atoms with Gasteiger partial charge in [-0.3, -0.25) is 0 Å². The van der Waals surface area contributed by atoms with Crippen molar-refractivity contribution in [2.45, 2.75) is 0 Å². The Hall–Kier alpha value is -2.05. The monoisotopic (exact) mass is 241 g/mol. The smallest absolute Gasteiger partial charge is 0.118 e. The van der Waals surface area contributed by atoms with E-state index in [-0.39, 0.29) is 0 Å². The zero-order valence-corrected chi connectivity index (χ0v) is 10.2. The lowest BCUT2D eigenvalue weighted by atomic mass is 10.1.